The molecule has 0 amide bonds. The van der Waals surface area contributed by atoms with E-state index in [4.69, 9.17) is 0 Å². The number of nitrogens with zero attached hydrogens (tertiary/aromatic N) is 3. The van der Waals surface area contributed by atoms with Gasteiger partial charge in [-0.2, -0.15) is 0 Å². The van der Waals surface area contributed by atoms with Crippen LogP contribution in [0, 0.1) is 22.9 Å². The second kappa shape index (κ2) is 13.5. The highest BCUT2D eigenvalue weighted by atomic mass is 32.1. The highest BCUT2D eigenvalue weighted by molar-refractivity contribution is 7.11. The SMILES string of the molecule is CC(C)(C)C(C(=O)O)N1CCC(c2cccc(F)c2)C1.CN1CCC(c2cnc(Cc3ccc(F)cc3F)s2)CC1. The van der Waals surface area contributed by atoms with Gasteiger partial charge >= 0.3 is 5.97 Å². The quantitative estimate of drug-likeness (QED) is 0.339. The van der Waals surface area contributed by atoms with Gasteiger partial charge in [0.25, 0.3) is 0 Å². The van der Waals surface area contributed by atoms with Crippen molar-refractivity contribution in [2.24, 2.45) is 5.41 Å². The molecule has 1 N–H and O–H groups in total. The number of hydrogen-bond donors (Lipinski definition) is 1. The van der Waals surface area contributed by atoms with Gasteiger partial charge in [0.2, 0.25) is 0 Å². The Balaban J connectivity index is 0.000000189. The minimum absolute atomic E-state index is 0.217. The van der Waals surface area contributed by atoms with Crippen molar-refractivity contribution in [2.45, 2.75) is 64.3 Å². The molecule has 0 saturated carbocycles. The Morgan fingerprint density at radius 1 is 1.02 bits per heavy atom. The number of piperidine rings is 1. The van der Waals surface area contributed by atoms with Crippen LogP contribution < -0.4 is 0 Å². The molecule has 0 radical (unpaired) electrons. The molecule has 0 bridgehead atoms. The number of aliphatic carboxylic acids is 1. The van der Waals surface area contributed by atoms with E-state index >= 15 is 0 Å². The van der Waals surface area contributed by atoms with Gasteiger partial charge in [-0.3, -0.25) is 9.69 Å². The number of halogens is 3. The van der Waals surface area contributed by atoms with E-state index in [0.717, 1.165) is 55.5 Å². The van der Waals surface area contributed by atoms with Crippen LogP contribution in [0.5, 0.6) is 0 Å². The van der Waals surface area contributed by atoms with Crippen LogP contribution in [0.2, 0.25) is 0 Å². The molecule has 2 fully saturated rings. The highest BCUT2D eigenvalue weighted by Crippen LogP contribution is 2.34. The first-order valence-corrected chi connectivity index (χ1v) is 15.0. The molecule has 9 heteroatoms. The van der Waals surface area contributed by atoms with E-state index in [1.54, 1.807) is 23.5 Å². The normalized spacial score (nSPS) is 19.5. The molecular weight excluding hydrogens is 547 g/mol. The van der Waals surface area contributed by atoms with E-state index < -0.39 is 23.6 Å². The second-order valence-electron chi connectivity index (χ2n) is 12.3. The van der Waals surface area contributed by atoms with Crippen LogP contribution in [-0.4, -0.2) is 65.1 Å². The summed E-state index contributed by atoms with van der Waals surface area (Å²) in [5.74, 6) is -1.25. The van der Waals surface area contributed by atoms with Crippen molar-refractivity contribution in [3.63, 3.8) is 0 Å². The molecule has 2 atom stereocenters. The Morgan fingerprint density at radius 2 is 1.71 bits per heavy atom. The van der Waals surface area contributed by atoms with E-state index in [1.165, 1.54) is 23.1 Å². The van der Waals surface area contributed by atoms with Crippen LogP contribution in [0.15, 0.2) is 48.7 Å². The van der Waals surface area contributed by atoms with Gasteiger partial charge in [0.05, 0.1) is 5.01 Å². The maximum absolute atomic E-state index is 13.7. The predicted octanol–water partition coefficient (Wildman–Crippen LogP) is 6.94. The summed E-state index contributed by atoms with van der Waals surface area (Å²) in [5.41, 5.74) is 1.15. The Kier molecular flexibility index (Phi) is 10.3. The van der Waals surface area contributed by atoms with Crippen LogP contribution in [0.3, 0.4) is 0 Å². The van der Waals surface area contributed by atoms with Gasteiger partial charge in [-0.15, -0.1) is 11.3 Å². The minimum atomic E-state index is -0.780. The summed E-state index contributed by atoms with van der Waals surface area (Å²) in [6.45, 7) is 9.49. The fourth-order valence-electron chi connectivity index (χ4n) is 5.84. The zero-order chi connectivity index (χ0) is 29.7. The summed E-state index contributed by atoms with van der Waals surface area (Å²) < 4.78 is 39.9. The third-order valence-electron chi connectivity index (χ3n) is 8.01. The first-order chi connectivity index (χ1) is 19.4. The molecule has 2 saturated heterocycles. The molecule has 3 heterocycles. The number of thiazole rings is 1. The largest absolute Gasteiger partial charge is 0.480 e. The zero-order valence-corrected chi connectivity index (χ0v) is 25.1. The maximum atomic E-state index is 13.7. The van der Waals surface area contributed by atoms with Crippen molar-refractivity contribution in [3.8, 4) is 0 Å². The zero-order valence-electron chi connectivity index (χ0n) is 24.2. The van der Waals surface area contributed by atoms with Gasteiger partial charge in [0.1, 0.15) is 23.5 Å². The summed E-state index contributed by atoms with van der Waals surface area (Å²) in [5, 5.41) is 10.4. The average molecular weight is 588 g/mol. The molecule has 222 valence electrons. The lowest BCUT2D eigenvalue weighted by atomic mass is 9.85. The van der Waals surface area contributed by atoms with E-state index in [1.807, 2.05) is 37.9 Å². The maximum Gasteiger partial charge on any atom is 0.321 e. The Hall–Kier alpha value is -2.75. The number of likely N-dealkylation sites (tertiary alicyclic amines) is 2. The van der Waals surface area contributed by atoms with E-state index in [9.17, 15) is 23.1 Å². The van der Waals surface area contributed by atoms with Crippen molar-refractivity contribution in [3.05, 3.63) is 87.1 Å². The number of rotatable bonds is 6. The van der Waals surface area contributed by atoms with Crippen LogP contribution in [0.4, 0.5) is 13.2 Å². The van der Waals surface area contributed by atoms with Crippen molar-refractivity contribution in [1.82, 2.24) is 14.8 Å². The summed E-state index contributed by atoms with van der Waals surface area (Å²) in [7, 11) is 2.14. The number of carbonyl (C=O) groups is 1. The Bertz CT molecular complexity index is 1320. The summed E-state index contributed by atoms with van der Waals surface area (Å²) >= 11 is 1.66. The summed E-state index contributed by atoms with van der Waals surface area (Å²) in [4.78, 5) is 21.6. The molecule has 2 unspecified atom stereocenters. The number of hydrogen-bond acceptors (Lipinski definition) is 5. The molecule has 0 aliphatic carbocycles. The topological polar surface area (TPSA) is 56.7 Å². The lowest BCUT2D eigenvalue weighted by Crippen LogP contribution is -2.48. The van der Waals surface area contributed by atoms with Gasteiger partial charge in [0.15, 0.2) is 0 Å². The molecule has 41 heavy (non-hydrogen) atoms. The van der Waals surface area contributed by atoms with Gasteiger partial charge in [-0.25, -0.2) is 18.2 Å². The fourth-order valence-corrected chi connectivity index (χ4v) is 6.96. The second-order valence-corrected chi connectivity index (χ2v) is 13.4. The molecule has 0 spiro atoms. The fraction of sp³-hybridized carbons (Fsp3) is 0.500. The molecule has 2 aliphatic heterocycles. The summed E-state index contributed by atoms with van der Waals surface area (Å²) in [6.07, 6.45) is 5.55. The molecule has 1 aromatic heterocycles. The monoisotopic (exact) mass is 587 g/mol. The van der Waals surface area contributed by atoms with Gasteiger partial charge in [-0.1, -0.05) is 39.0 Å². The first kappa shape index (κ1) is 31.2. The van der Waals surface area contributed by atoms with Gasteiger partial charge in [0, 0.05) is 30.1 Å². The standard InChI is InChI=1S/C16H18F2N2S.C16H22FNO2/c1-20-6-4-11(5-7-20)15-10-19-16(21-15)8-12-2-3-13(17)9-14(12)18;1-16(2,3)14(15(19)20)18-8-7-12(10-18)11-5-4-6-13(17)9-11/h2-3,9-11H,4-8H2,1H3;4-6,9,12,14H,7-8,10H2,1-3H3,(H,19,20). The molecule has 2 aromatic carbocycles. The minimum Gasteiger partial charge on any atom is -0.480 e. The van der Waals surface area contributed by atoms with E-state index in [0.29, 0.717) is 24.4 Å². The van der Waals surface area contributed by atoms with E-state index in [-0.39, 0.29) is 17.2 Å². The lowest BCUT2D eigenvalue weighted by Gasteiger charge is -2.34. The number of aromatic nitrogens is 1. The lowest BCUT2D eigenvalue weighted by molar-refractivity contribution is -0.147. The van der Waals surface area contributed by atoms with E-state index in [2.05, 4.69) is 16.9 Å². The molecule has 3 aromatic rings. The first-order valence-electron chi connectivity index (χ1n) is 14.2. The average Bonchev–Trinajstić information content (AvgIpc) is 3.56. The van der Waals surface area contributed by atoms with Crippen molar-refractivity contribution in [2.75, 3.05) is 33.2 Å². The van der Waals surface area contributed by atoms with Crippen molar-refractivity contribution < 1.29 is 23.1 Å². The molecular formula is C32H40F3N3O2S. The van der Waals surface area contributed by atoms with Gasteiger partial charge < -0.3 is 10.0 Å². The third kappa shape index (κ3) is 8.40. The third-order valence-corrected chi connectivity index (χ3v) is 9.17. The number of benzene rings is 2. The number of carboxylic acid groups (broad SMARTS) is 1. The van der Waals surface area contributed by atoms with Crippen LogP contribution in [-0.2, 0) is 11.2 Å². The smallest absolute Gasteiger partial charge is 0.321 e. The highest BCUT2D eigenvalue weighted by Gasteiger charge is 2.40. The molecule has 5 nitrogen and oxygen atoms in total. The molecule has 5 rings (SSSR count). The van der Waals surface area contributed by atoms with Crippen molar-refractivity contribution in [1.29, 1.82) is 0 Å². The number of carboxylic acids is 1. The Labute approximate surface area is 245 Å². The Morgan fingerprint density at radius 3 is 2.34 bits per heavy atom. The summed E-state index contributed by atoms with van der Waals surface area (Å²) in [6, 6.07) is 9.86. The predicted molar refractivity (Wildman–Crippen MR) is 157 cm³/mol. The van der Waals surface area contributed by atoms with Gasteiger partial charge in [-0.05, 0) is 92.5 Å². The van der Waals surface area contributed by atoms with Crippen LogP contribution in [0.1, 0.15) is 72.9 Å². The molecule has 2 aliphatic rings. The van der Waals surface area contributed by atoms with Crippen LogP contribution >= 0.6 is 11.3 Å². The van der Waals surface area contributed by atoms with Crippen molar-refractivity contribution >= 4 is 17.3 Å². The van der Waals surface area contributed by atoms with Crippen LogP contribution in [0.25, 0.3) is 0 Å².